The molecule has 7 heteroatoms. The maximum absolute atomic E-state index is 13.3. The number of nitrogens with zero attached hydrogens (tertiary/aromatic N) is 4. The van der Waals surface area contributed by atoms with E-state index in [1.807, 2.05) is 30.3 Å². The molecule has 0 saturated heterocycles. The highest BCUT2D eigenvalue weighted by molar-refractivity contribution is 9.10. The van der Waals surface area contributed by atoms with Crippen LogP contribution in [0.1, 0.15) is 5.56 Å². The van der Waals surface area contributed by atoms with E-state index in [0.717, 1.165) is 15.7 Å². The maximum Gasteiger partial charge on any atom is 0.248 e. The van der Waals surface area contributed by atoms with Crippen LogP contribution in [-0.2, 0) is 6.54 Å². The predicted octanol–water partition coefficient (Wildman–Crippen LogP) is 3.18. The number of hydrogen-bond acceptors (Lipinski definition) is 4. The van der Waals surface area contributed by atoms with Crippen molar-refractivity contribution in [3.05, 3.63) is 64.4 Å². The van der Waals surface area contributed by atoms with Crippen molar-refractivity contribution in [2.45, 2.75) is 6.54 Å². The molecule has 21 heavy (non-hydrogen) atoms. The molecule has 1 N–H and O–H groups in total. The van der Waals surface area contributed by atoms with Gasteiger partial charge in [-0.15, -0.1) is 0 Å². The van der Waals surface area contributed by atoms with Crippen molar-refractivity contribution in [2.24, 2.45) is 0 Å². The summed E-state index contributed by atoms with van der Waals surface area (Å²) in [5.41, 5.74) is 1.64. The van der Waals surface area contributed by atoms with E-state index in [9.17, 15) is 4.39 Å². The molecule has 0 unspecified atom stereocenters. The molecule has 106 valence electrons. The topological polar surface area (TPSA) is 55.6 Å². The van der Waals surface area contributed by atoms with Gasteiger partial charge in [0.1, 0.15) is 5.82 Å². The molecule has 0 aliphatic heterocycles. The van der Waals surface area contributed by atoms with E-state index in [1.54, 1.807) is 10.7 Å². The van der Waals surface area contributed by atoms with Crippen molar-refractivity contribution in [1.29, 1.82) is 0 Å². The number of anilines is 1. The number of halogens is 2. The second kappa shape index (κ2) is 6.01. The van der Waals surface area contributed by atoms with Gasteiger partial charge in [0.05, 0.1) is 5.69 Å². The van der Waals surface area contributed by atoms with Gasteiger partial charge >= 0.3 is 0 Å². The lowest BCUT2D eigenvalue weighted by atomic mass is 10.2. The summed E-state index contributed by atoms with van der Waals surface area (Å²) < 4.78 is 15.7. The van der Waals surface area contributed by atoms with Crippen LogP contribution in [0.5, 0.6) is 0 Å². The molecular formula is C14H11BrFN5. The van der Waals surface area contributed by atoms with E-state index < -0.39 is 0 Å². The summed E-state index contributed by atoms with van der Waals surface area (Å²) in [4.78, 5) is 0. The van der Waals surface area contributed by atoms with Crippen molar-refractivity contribution in [2.75, 3.05) is 5.32 Å². The monoisotopic (exact) mass is 347 g/mol. The first kappa shape index (κ1) is 13.7. The van der Waals surface area contributed by atoms with Gasteiger partial charge in [-0.1, -0.05) is 39.2 Å². The summed E-state index contributed by atoms with van der Waals surface area (Å²) in [7, 11) is 0. The van der Waals surface area contributed by atoms with Crippen molar-refractivity contribution >= 4 is 21.9 Å². The molecule has 1 aromatic heterocycles. The lowest BCUT2D eigenvalue weighted by molar-refractivity contribution is 0.625. The Balaban J connectivity index is 1.81. The Bertz CT molecular complexity index is 744. The molecule has 5 nitrogen and oxygen atoms in total. The summed E-state index contributed by atoms with van der Waals surface area (Å²) in [6.45, 7) is 0.408. The molecule has 0 bridgehead atoms. The molecule has 2 aromatic carbocycles. The number of tetrazole rings is 1. The van der Waals surface area contributed by atoms with Gasteiger partial charge in [0.25, 0.3) is 0 Å². The Kier molecular flexibility index (Phi) is 3.92. The first-order valence-electron chi connectivity index (χ1n) is 6.25. The molecule has 3 aromatic rings. The first-order valence-corrected chi connectivity index (χ1v) is 7.05. The average molecular weight is 348 g/mol. The van der Waals surface area contributed by atoms with Crippen LogP contribution in [0.15, 0.2) is 53.0 Å². The zero-order valence-corrected chi connectivity index (χ0v) is 12.5. The lowest BCUT2D eigenvalue weighted by Gasteiger charge is -2.08. The highest BCUT2D eigenvalue weighted by Gasteiger charge is 2.08. The van der Waals surface area contributed by atoms with Gasteiger partial charge in [-0.05, 0) is 46.3 Å². The summed E-state index contributed by atoms with van der Waals surface area (Å²) in [6, 6.07) is 14.1. The van der Waals surface area contributed by atoms with E-state index >= 15 is 0 Å². The zero-order chi connectivity index (χ0) is 14.7. The Hall–Kier alpha value is -2.28. The van der Waals surface area contributed by atoms with Crippen molar-refractivity contribution in [3.8, 4) is 5.69 Å². The third-order valence-electron chi connectivity index (χ3n) is 2.91. The van der Waals surface area contributed by atoms with Crippen LogP contribution in [0.4, 0.5) is 10.3 Å². The van der Waals surface area contributed by atoms with Crippen molar-refractivity contribution in [3.63, 3.8) is 0 Å². The SMILES string of the molecule is Fc1ccc(Br)c(CNc2nnnn2-c2ccccc2)c1. The smallest absolute Gasteiger partial charge is 0.248 e. The third kappa shape index (κ3) is 3.08. The number of para-hydroxylation sites is 1. The van der Waals surface area contributed by atoms with E-state index in [0.29, 0.717) is 12.5 Å². The minimum absolute atomic E-state index is 0.280. The summed E-state index contributed by atoms with van der Waals surface area (Å²) in [5.74, 6) is 0.218. The number of benzene rings is 2. The van der Waals surface area contributed by atoms with E-state index in [-0.39, 0.29) is 5.82 Å². The van der Waals surface area contributed by atoms with Gasteiger partial charge < -0.3 is 5.32 Å². The van der Waals surface area contributed by atoms with E-state index in [1.165, 1.54) is 12.1 Å². The summed E-state index contributed by atoms with van der Waals surface area (Å²) in [5, 5.41) is 14.7. The van der Waals surface area contributed by atoms with Crippen LogP contribution < -0.4 is 5.32 Å². The normalized spacial score (nSPS) is 10.6. The number of aromatic nitrogens is 4. The highest BCUT2D eigenvalue weighted by Crippen LogP contribution is 2.19. The van der Waals surface area contributed by atoms with Gasteiger partial charge in [-0.25, -0.2) is 4.39 Å². The number of rotatable bonds is 4. The van der Waals surface area contributed by atoms with Crippen molar-refractivity contribution < 1.29 is 4.39 Å². The maximum atomic E-state index is 13.3. The lowest BCUT2D eigenvalue weighted by Crippen LogP contribution is -2.08. The van der Waals surface area contributed by atoms with Gasteiger partial charge in [0.2, 0.25) is 5.95 Å². The zero-order valence-electron chi connectivity index (χ0n) is 10.9. The average Bonchev–Trinajstić information content (AvgIpc) is 2.97. The Morgan fingerprint density at radius 3 is 2.76 bits per heavy atom. The molecule has 0 radical (unpaired) electrons. The first-order chi connectivity index (χ1) is 10.2. The fourth-order valence-corrected chi connectivity index (χ4v) is 2.28. The van der Waals surface area contributed by atoms with Crippen LogP contribution in [0, 0.1) is 5.82 Å². The molecule has 0 aliphatic rings. The second-order valence-electron chi connectivity index (χ2n) is 4.34. The quantitative estimate of drug-likeness (QED) is 0.787. The Labute approximate surface area is 128 Å². The predicted molar refractivity (Wildman–Crippen MR) is 80.6 cm³/mol. The fourth-order valence-electron chi connectivity index (χ4n) is 1.89. The molecule has 0 saturated carbocycles. The second-order valence-corrected chi connectivity index (χ2v) is 5.19. The van der Waals surface area contributed by atoms with Crippen molar-refractivity contribution in [1.82, 2.24) is 20.2 Å². The van der Waals surface area contributed by atoms with Gasteiger partial charge in [-0.2, -0.15) is 4.68 Å². The molecule has 0 fully saturated rings. The molecular weight excluding hydrogens is 337 g/mol. The van der Waals surface area contributed by atoms with Crippen LogP contribution in [0.25, 0.3) is 5.69 Å². The standard InChI is InChI=1S/C14H11BrFN5/c15-13-7-6-11(16)8-10(13)9-17-14-18-19-20-21(14)12-4-2-1-3-5-12/h1-8H,9H2,(H,17,18,20). The largest absolute Gasteiger partial charge is 0.349 e. The van der Waals surface area contributed by atoms with Crippen LogP contribution in [-0.4, -0.2) is 20.2 Å². The van der Waals surface area contributed by atoms with E-state index in [2.05, 4.69) is 36.8 Å². The number of hydrogen-bond donors (Lipinski definition) is 1. The molecule has 3 rings (SSSR count). The minimum atomic E-state index is -0.280. The van der Waals surface area contributed by atoms with Gasteiger partial charge in [-0.3, -0.25) is 0 Å². The molecule has 0 spiro atoms. The Morgan fingerprint density at radius 2 is 1.95 bits per heavy atom. The van der Waals surface area contributed by atoms with Crippen LogP contribution >= 0.6 is 15.9 Å². The van der Waals surface area contributed by atoms with E-state index in [4.69, 9.17) is 0 Å². The van der Waals surface area contributed by atoms with Crippen LogP contribution in [0.3, 0.4) is 0 Å². The van der Waals surface area contributed by atoms with Gasteiger partial charge in [0.15, 0.2) is 0 Å². The molecule has 0 atom stereocenters. The van der Waals surface area contributed by atoms with Gasteiger partial charge in [0, 0.05) is 11.0 Å². The minimum Gasteiger partial charge on any atom is -0.349 e. The summed E-state index contributed by atoms with van der Waals surface area (Å²) >= 11 is 3.39. The molecule has 1 heterocycles. The molecule has 0 amide bonds. The number of nitrogens with one attached hydrogen (secondary N) is 1. The third-order valence-corrected chi connectivity index (χ3v) is 3.69. The fraction of sp³-hybridized carbons (Fsp3) is 0.0714. The Morgan fingerprint density at radius 1 is 1.14 bits per heavy atom. The van der Waals surface area contributed by atoms with Crippen LogP contribution in [0.2, 0.25) is 0 Å². The molecule has 0 aliphatic carbocycles. The highest BCUT2D eigenvalue weighted by atomic mass is 79.9. The summed E-state index contributed by atoms with van der Waals surface area (Å²) in [6.07, 6.45) is 0.